The Hall–Kier alpha value is -2.73. The SMILES string of the molecule is CCN(CC)CCN(C(=O)c1ccc(S(=O)(=O)N2C[C@H](C)C[C@@H](C)C2)cc1)c1nc2cc3c(cc2s1)OCCO3. The predicted octanol–water partition coefficient (Wildman–Crippen LogP) is 4.72. The molecule has 3 aromatic rings. The van der Waals surface area contributed by atoms with Crippen LogP contribution in [0.3, 0.4) is 0 Å². The van der Waals surface area contributed by atoms with E-state index in [2.05, 4.69) is 32.6 Å². The largest absolute Gasteiger partial charge is 0.486 e. The zero-order chi connectivity index (χ0) is 28.4. The molecule has 9 nitrogen and oxygen atoms in total. The second-order valence-electron chi connectivity index (χ2n) is 10.7. The van der Waals surface area contributed by atoms with Crippen molar-refractivity contribution < 1.29 is 22.7 Å². The Balaban J connectivity index is 1.43. The number of rotatable bonds is 9. The third-order valence-electron chi connectivity index (χ3n) is 7.63. The average Bonchev–Trinajstić information content (AvgIpc) is 3.35. The van der Waals surface area contributed by atoms with Gasteiger partial charge in [-0.2, -0.15) is 4.31 Å². The quantitative estimate of drug-likeness (QED) is 0.358. The molecule has 0 spiro atoms. The van der Waals surface area contributed by atoms with E-state index in [4.69, 9.17) is 14.5 Å². The van der Waals surface area contributed by atoms with Crippen molar-refractivity contribution in [2.75, 3.05) is 57.4 Å². The second kappa shape index (κ2) is 12.0. The number of carbonyl (C=O) groups is 1. The van der Waals surface area contributed by atoms with Gasteiger partial charge in [-0.15, -0.1) is 0 Å². The molecule has 0 aliphatic carbocycles. The minimum atomic E-state index is -3.63. The van der Waals surface area contributed by atoms with Crippen molar-refractivity contribution in [2.24, 2.45) is 11.8 Å². The fourth-order valence-electron chi connectivity index (χ4n) is 5.51. The summed E-state index contributed by atoms with van der Waals surface area (Å²) in [5.74, 6) is 1.76. The smallest absolute Gasteiger partial charge is 0.260 e. The van der Waals surface area contributed by atoms with Crippen LogP contribution < -0.4 is 14.4 Å². The summed E-state index contributed by atoms with van der Waals surface area (Å²) < 4.78 is 40.7. The molecular formula is C29H38N4O5S2. The Kier molecular flexibility index (Phi) is 8.65. The normalized spacial score (nSPS) is 19.7. The molecule has 2 aliphatic heterocycles. The fraction of sp³-hybridized carbons (Fsp3) is 0.517. The predicted molar refractivity (Wildman–Crippen MR) is 158 cm³/mol. The fourth-order valence-corrected chi connectivity index (χ4v) is 8.19. The number of aromatic nitrogens is 1. The number of fused-ring (bicyclic) bond motifs is 2. The number of likely N-dealkylation sites (N-methyl/N-ethyl adjacent to an activating group) is 1. The number of ether oxygens (including phenoxy) is 2. The van der Waals surface area contributed by atoms with Crippen LogP contribution in [0.15, 0.2) is 41.3 Å². The molecule has 2 aliphatic rings. The van der Waals surface area contributed by atoms with E-state index in [1.807, 2.05) is 12.1 Å². The molecule has 2 atom stereocenters. The maximum atomic E-state index is 13.9. The lowest BCUT2D eigenvalue weighted by Gasteiger charge is -2.34. The van der Waals surface area contributed by atoms with Crippen molar-refractivity contribution in [3.8, 4) is 11.5 Å². The number of piperidine rings is 1. The zero-order valence-electron chi connectivity index (χ0n) is 23.6. The lowest BCUT2D eigenvalue weighted by atomic mass is 9.94. The van der Waals surface area contributed by atoms with Crippen LogP contribution in [0.5, 0.6) is 11.5 Å². The molecular weight excluding hydrogens is 548 g/mol. The summed E-state index contributed by atoms with van der Waals surface area (Å²) in [5, 5.41) is 0.586. The molecule has 5 rings (SSSR count). The van der Waals surface area contributed by atoms with Gasteiger partial charge in [0, 0.05) is 43.9 Å². The first-order valence-electron chi connectivity index (χ1n) is 14.0. The molecule has 0 bridgehead atoms. The number of nitrogens with zero attached hydrogens (tertiary/aromatic N) is 4. The van der Waals surface area contributed by atoms with Crippen molar-refractivity contribution in [2.45, 2.75) is 39.0 Å². The number of amides is 1. The highest BCUT2D eigenvalue weighted by atomic mass is 32.2. The first-order chi connectivity index (χ1) is 19.2. The molecule has 2 aromatic carbocycles. The standard InChI is InChI=1S/C29H38N4O5S2/c1-5-31(6-2)11-12-33(29-30-24-16-25-26(17-27(24)39-29)38-14-13-37-25)28(34)22-7-9-23(10-8-22)40(35,36)32-18-20(3)15-21(4)19-32/h7-10,16-17,20-21H,5-6,11-15,18-19H2,1-4H3/t20-,21-/m1/s1. The van der Waals surface area contributed by atoms with Gasteiger partial charge in [-0.1, -0.05) is 39.0 Å². The van der Waals surface area contributed by atoms with Gasteiger partial charge in [0.1, 0.15) is 13.2 Å². The minimum absolute atomic E-state index is 0.214. The number of benzene rings is 2. The summed E-state index contributed by atoms with van der Waals surface area (Å²) in [6.07, 6.45) is 1.03. The zero-order valence-corrected chi connectivity index (χ0v) is 25.3. The van der Waals surface area contributed by atoms with Gasteiger partial charge in [-0.05, 0) is 55.6 Å². The minimum Gasteiger partial charge on any atom is -0.486 e. The van der Waals surface area contributed by atoms with Gasteiger partial charge in [0.05, 0.1) is 15.1 Å². The van der Waals surface area contributed by atoms with Gasteiger partial charge in [-0.3, -0.25) is 9.69 Å². The lowest BCUT2D eigenvalue weighted by molar-refractivity contribution is 0.0983. The average molecular weight is 587 g/mol. The van der Waals surface area contributed by atoms with Crippen LogP contribution in [0, 0.1) is 11.8 Å². The van der Waals surface area contributed by atoms with E-state index in [9.17, 15) is 13.2 Å². The molecule has 0 radical (unpaired) electrons. The van der Waals surface area contributed by atoms with E-state index in [1.54, 1.807) is 33.5 Å². The van der Waals surface area contributed by atoms with Crippen molar-refractivity contribution in [3.63, 3.8) is 0 Å². The highest BCUT2D eigenvalue weighted by Crippen LogP contribution is 2.39. The molecule has 216 valence electrons. The molecule has 1 aromatic heterocycles. The number of anilines is 1. The van der Waals surface area contributed by atoms with Crippen LogP contribution in [-0.2, 0) is 10.0 Å². The van der Waals surface area contributed by atoms with Gasteiger partial charge < -0.3 is 14.4 Å². The number of hydrogen-bond donors (Lipinski definition) is 0. The third-order valence-corrected chi connectivity index (χ3v) is 10.5. The molecule has 0 unspecified atom stereocenters. The maximum Gasteiger partial charge on any atom is 0.260 e. The van der Waals surface area contributed by atoms with Crippen LogP contribution in [0.2, 0.25) is 0 Å². The second-order valence-corrected chi connectivity index (χ2v) is 13.7. The Morgan fingerprint density at radius 3 is 2.25 bits per heavy atom. The number of sulfonamides is 1. The Bertz CT molecular complexity index is 1400. The van der Waals surface area contributed by atoms with Crippen molar-refractivity contribution in [1.82, 2.24) is 14.2 Å². The highest BCUT2D eigenvalue weighted by molar-refractivity contribution is 7.89. The van der Waals surface area contributed by atoms with Gasteiger partial charge in [0.15, 0.2) is 16.6 Å². The Morgan fingerprint density at radius 2 is 1.62 bits per heavy atom. The Morgan fingerprint density at radius 1 is 1.00 bits per heavy atom. The summed E-state index contributed by atoms with van der Waals surface area (Å²) in [6.45, 7) is 13.3. The van der Waals surface area contributed by atoms with Crippen molar-refractivity contribution in [3.05, 3.63) is 42.0 Å². The van der Waals surface area contributed by atoms with E-state index < -0.39 is 10.0 Å². The number of carbonyl (C=O) groups excluding carboxylic acids is 1. The van der Waals surface area contributed by atoms with Crippen LogP contribution in [0.25, 0.3) is 10.2 Å². The van der Waals surface area contributed by atoms with Gasteiger partial charge in [-0.25, -0.2) is 13.4 Å². The monoisotopic (exact) mass is 586 g/mol. The summed E-state index contributed by atoms with van der Waals surface area (Å²) in [5.41, 5.74) is 1.17. The number of hydrogen-bond acceptors (Lipinski definition) is 8. The maximum absolute atomic E-state index is 13.9. The molecule has 11 heteroatoms. The lowest BCUT2D eigenvalue weighted by Crippen LogP contribution is -2.42. The summed E-state index contributed by atoms with van der Waals surface area (Å²) in [6, 6.07) is 10.1. The molecule has 1 fully saturated rings. The Labute approximate surface area is 240 Å². The van der Waals surface area contributed by atoms with Crippen LogP contribution in [-0.4, -0.2) is 81.0 Å². The molecule has 0 saturated carbocycles. The van der Waals surface area contributed by atoms with E-state index in [0.717, 1.165) is 29.7 Å². The van der Waals surface area contributed by atoms with Gasteiger partial charge in [0.2, 0.25) is 10.0 Å². The third kappa shape index (κ3) is 5.97. The van der Waals surface area contributed by atoms with E-state index in [1.165, 1.54) is 11.3 Å². The number of thiazole rings is 1. The first-order valence-corrected chi connectivity index (χ1v) is 16.3. The summed E-state index contributed by atoms with van der Waals surface area (Å²) >= 11 is 1.43. The van der Waals surface area contributed by atoms with E-state index in [0.29, 0.717) is 73.4 Å². The van der Waals surface area contributed by atoms with E-state index >= 15 is 0 Å². The van der Waals surface area contributed by atoms with Crippen LogP contribution in [0.4, 0.5) is 5.13 Å². The van der Waals surface area contributed by atoms with Crippen molar-refractivity contribution in [1.29, 1.82) is 0 Å². The first kappa shape index (κ1) is 28.8. The summed E-state index contributed by atoms with van der Waals surface area (Å²) in [7, 11) is -3.63. The van der Waals surface area contributed by atoms with Gasteiger partial charge in [0.25, 0.3) is 5.91 Å². The molecule has 1 amide bonds. The van der Waals surface area contributed by atoms with E-state index in [-0.39, 0.29) is 10.8 Å². The molecule has 0 N–H and O–H groups in total. The van der Waals surface area contributed by atoms with Gasteiger partial charge >= 0.3 is 0 Å². The summed E-state index contributed by atoms with van der Waals surface area (Å²) in [4.78, 5) is 22.8. The van der Waals surface area contributed by atoms with Crippen LogP contribution in [0.1, 0.15) is 44.5 Å². The van der Waals surface area contributed by atoms with Crippen LogP contribution >= 0.6 is 11.3 Å². The molecule has 40 heavy (non-hydrogen) atoms. The molecule has 3 heterocycles. The topological polar surface area (TPSA) is 92.3 Å². The molecule has 1 saturated heterocycles. The highest BCUT2D eigenvalue weighted by Gasteiger charge is 2.32. The van der Waals surface area contributed by atoms with Crippen molar-refractivity contribution >= 4 is 42.6 Å².